The van der Waals surface area contributed by atoms with Gasteiger partial charge in [-0.05, 0) is 99.5 Å². The third kappa shape index (κ3) is 11.9. The molecular formula is C42H30Cl8N8O6. The third-order valence-electron chi connectivity index (χ3n) is 9.07. The number of halogens is 8. The zero-order valence-electron chi connectivity index (χ0n) is 33.3. The van der Waals surface area contributed by atoms with Crippen molar-refractivity contribution in [2.75, 3.05) is 21.3 Å². The molecule has 0 saturated heterocycles. The Labute approximate surface area is 405 Å². The van der Waals surface area contributed by atoms with Crippen molar-refractivity contribution in [3.8, 4) is 0 Å². The van der Waals surface area contributed by atoms with Crippen LogP contribution in [0.3, 0.4) is 0 Å². The molecule has 0 heterocycles. The lowest BCUT2D eigenvalue weighted by Gasteiger charge is -2.17. The van der Waals surface area contributed by atoms with Crippen LogP contribution in [0.4, 0.5) is 34.1 Å². The number of nitrogens with one attached hydrogen (secondary N) is 4. The number of Topliss-reactive ketones (excluding diaryl/α,β-unsaturated/α-hetero) is 2. The fourth-order valence-electron chi connectivity index (χ4n) is 5.60. The molecule has 5 aromatic rings. The summed E-state index contributed by atoms with van der Waals surface area (Å²) >= 11 is 49.7. The van der Waals surface area contributed by atoms with Crippen LogP contribution in [0.2, 0.25) is 40.2 Å². The van der Waals surface area contributed by atoms with Crippen LogP contribution in [0.1, 0.15) is 45.7 Å². The molecule has 0 fully saturated rings. The van der Waals surface area contributed by atoms with Gasteiger partial charge in [-0.1, -0.05) is 105 Å². The van der Waals surface area contributed by atoms with Crippen molar-refractivity contribution < 1.29 is 28.8 Å². The molecule has 22 heteroatoms. The first-order valence-corrected chi connectivity index (χ1v) is 21.2. The summed E-state index contributed by atoms with van der Waals surface area (Å²) in [5, 5.41) is 26.9. The van der Waals surface area contributed by atoms with Crippen LogP contribution in [0, 0.1) is 13.8 Å². The summed E-state index contributed by atoms with van der Waals surface area (Å²) in [4.78, 5) is 78.3. The van der Waals surface area contributed by atoms with E-state index in [2.05, 4.69) is 41.7 Å². The first-order chi connectivity index (χ1) is 30.2. The molecule has 0 aliphatic carbocycles. The maximum absolute atomic E-state index is 13.4. The second-order valence-electron chi connectivity index (χ2n) is 13.5. The minimum atomic E-state index is -1.63. The maximum atomic E-state index is 13.4. The van der Waals surface area contributed by atoms with Gasteiger partial charge in [-0.3, -0.25) is 28.8 Å². The highest BCUT2D eigenvalue weighted by Crippen LogP contribution is 2.37. The van der Waals surface area contributed by atoms with E-state index in [1.807, 2.05) is 0 Å². The molecule has 14 nitrogen and oxygen atoms in total. The SMILES string of the molecule is CC(=O)C(N=Nc1cccc(C(=O)Nc2c(Cl)cc(Cl)cc2Cl)c1Cl)C(=O)Nc1ccc(NC(=O)C(N=Nc2cccc(C(=O)Nc3c(Cl)cc(Cl)cc3Cl)c2Cl)C(C)=O)c(C)c1C. The Morgan fingerprint density at radius 3 is 1.12 bits per heavy atom. The number of azo groups is 2. The molecule has 330 valence electrons. The standard InChI is InChI=1S/C42H30Cl8N8O6/c1-17-18(2)30(52-42(64)36(20(4)60)58-56-32-10-6-8-24(34(32)50)40(62)54-38-27(47)15-22(44)16-28(38)48)12-11-29(17)51-41(63)35(19(3)59)57-55-31-9-5-7-23(33(31)49)39(61)53-37-25(45)13-21(43)14-26(37)46/h5-16,35-36H,1-4H3,(H,51,63)(H,52,64)(H,53,61)(H,54,62). The van der Waals surface area contributed by atoms with Crippen molar-refractivity contribution in [1.82, 2.24) is 0 Å². The zero-order chi connectivity index (χ0) is 47.2. The summed E-state index contributed by atoms with van der Waals surface area (Å²) < 4.78 is 0. The average molecular weight is 1030 g/mol. The smallest absolute Gasteiger partial charge is 0.258 e. The Hall–Kier alpha value is -5.16. The van der Waals surface area contributed by atoms with E-state index >= 15 is 0 Å². The third-order valence-corrected chi connectivity index (χ3v) is 11.5. The highest BCUT2D eigenvalue weighted by molar-refractivity contribution is 6.44. The van der Waals surface area contributed by atoms with E-state index in [9.17, 15) is 28.8 Å². The molecule has 64 heavy (non-hydrogen) atoms. The van der Waals surface area contributed by atoms with Crippen LogP contribution in [0.15, 0.2) is 93.3 Å². The molecule has 0 aromatic heterocycles. The topological polar surface area (TPSA) is 200 Å². The van der Waals surface area contributed by atoms with Gasteiger partial charge < -0.3 is 21.3 Å². The molecular weight excluding hydrogens is 996 g/mol. The Morgan fingerprint density at radius 2 is 0.812 bits per heavy atom. The largest absolute Gasteiger partial charge is 0.324 e. The van der Waals surface area contributed by atoms with Crippen LogP contribution >= 0.6 is 92.8 Å². The summed E-state index contributed by atoms with van der Waals surface area (Å²) in [6.07, 6.45) is 0. The minimum Gasteiger partial charge on any atom is -0.324 e. The number of carbonyl (C=O) groups excluding carboxylic acids is 6. The molecule has 0 aliphatic rings. The van der Waals surface area contributed by atoms with Crippen molar-refractivity contribution in [3.63, 3.8) is 0 Å². The van der Waals surface area contributed by atoms with Gasteiger partial charge in [-0.25, -0.2) is 0 Å². The van der Waals surface area contributed by atoms with E-state index in [-0.39, 0.29) is 85.4 Å². The Kier molecular flexibility index (Phi) is 16.9. The second-order valence-corrected chi connectivity index (χ2v) is 16.8. The summed E-state index contributed by atoms with van der Waals surface area (Å²) in [6.45, 7) is 5.58. The quantitative estimate of drug-likeness (QED) is 0.0630. The first kappa shape index (κ1) is 49.8. The van der Waals surface area contributed by atoms with Gasteiger partial charge >= 0.3 is 0 Å². The maximum Gasteiger partial charge on any atom is 0.258 e. The fourth-order valence-corrected chi connectivity index (χ4v) is 7.92. The minimum absolute atomic E-state index is 0.0250. The molecule has 0 aliphatic heterocycles. The lowest BCUT2D eigenvalue weighted by Crippen LogP contribution is -2.33. The van der Waals surface area contributed by atoms with E-state index in [1.165, 1.54) is 72.8 Å². The lowest BCUT2D eigenvalue weighted by atomic mass is 10.0. The van der Waals surface area contributed by atoms with Gasteiger partial charge in [0, 0.05) is 21.4 Å². The Bertz CT molecular complexity index is 2590. The normalized spacial score (nSPS) is 12.2. The highest BCUT2D eigenvalue weighted by atomic mass is 35.5. The van der Waals surface area contributed by atoms with Crippen LogP contribution in [0.25, 0.3) is 0 Å². The van der Waals surface area contributed by atoms with Gasteiger partial charge in [0.05, 0.1) is 52.6 Å². The number of ketones is 2. The number of amides is 4. The van der Waals surface area contributed by atoms with E-state index < -0.39 is 47.3 Å². The summed E-state index contributed by atoms with van der Waals surface area (Å²) in [7, 11) is 0. The van der Waals surface area contributed by atoms with Gasteiger partial charge in [0.25, 0.3) is 23.6 Å². The first-order valence-electron chi connectivity index (χ1n) is 18.2. The van der Waals surface area contributed by atoms with Gasteiger partial charge in [0.15, 0.2) is 11.6 Å². The number of hydrogen-bond donors (Lipinski definition) is 4. The van der Waals surface area contributed by atoms with Crippen LogP contribution < -0.4 is 21.3 Å². The summed E-state index contributed by atoms with van der Waals surface area (Å²) in [6, 6.07) is 13.8. The number of carbonyl (C=O) groups is 6. The van der Waals surface area contributed by atoms with Gasteiger partial charge in [0.1, 0.15) is 11.4 Å². The average Bonchev–Trinajstić information content (AvgIpc) is 3.21. The van der Waals surface area contributed by atoms with Crippen LogP contribution in [-0.4, -0.2) is 47.3 Å². The number of hydrogen-bond acceptors (Lipinski definition) is 10. The monoisotopic (exact) mass is 1020 g/mol. The number of anilines is 4. The van der Waals surface area contributed by atoms with E-state index in [1.54, 1.807) is 13.8 Å². The fraction of sp³-hybridized carbons (Fsp3) is 0.143. The number of nitrogens with zero attached hydrogens (tertiary/aromatic N) is 4. The molecule has 2 atom stereocenters. The van der Waals surface area contributed by atoms with Crippen LogP contribution in [0.5, 0.6) is 0 Å². The second kappa shape index (κ2) is 21.7. The van der Waals surface area contributed by atoms with Gasteiger partial charge in [0.2, 0.25) is 12.1 Å². The predicted octanol–water partition coefficient (Wildman–Crippen LogP) is 13.4. The van der Waals surface area contributed by atoms with E-state index in [0.717, 1.165) is 13.8 Å². The molecule has 5 rings (SSSR count). The van der Waals surface area contributed by atoms with Crippen molar-refractivity contribution in [3.05, 3.63) is 135 Å². The highest BCUT2D eigenvalue weighted by Gasteiger charge is 2.27. The molecule has 0 spiro atoms. The molecule has 0 radical (unpaired) electrons. The van der Waals surface area contributed by atoms with Crippen molar-refractivity contribution >= 4 is 162 Å². The zero-order valence-corrected chi connectivity index (χ0v) is 39.4. The predicted molar refractivity (Wildman–Crippen MR) is 253 cm³/mol. The molecule has 2 unspecified atom stereocenters. The summed E-state index contributed by atoms with van der Waals surface area (Å²) in [5.74, 6) is -4.40. The molecule has 0 bridgehead atoms. The van der Waals surface area contributed by atoms with Crippen molar-refractivity contribution in [2.45, 2.75) is 39.8 Å². The number of benzene rings is 5. The number of rotatable bonds is 14. The molecule has 5 aromatic carbocycles. The molecule has 0 saturated carbocycles. The Balaban J connectivity index is 1.28. The van der Waals surface area contributed by atoms with Gasteiger partial charge in [-0.2, -0.15) is 20.5 Å². The van der Waals surface area contributed by atoms with E-state index in [0.29, 0.717) is 11.1 Å². The Morgan fingerprint density at radius 1 is 0.484 bits per heavy atom. The van der Waals surface area contributed by atoms with Crippen LogP contribution in [-0.2, 0) is 19.2 Å². The molecule has 4 amide bonds. The van der Waals surface area contributed by atoms with Crippen molar-refractivity contribution in [2.24, 2.45) is 20.5 Å². The van der Waals surface area contributed by atoms with Gasteiger partial charge in [-0.15, -0.1) is 0 Å². The summed E-state index contributed by atoms with van der Waals surface area (Å²) in [5.41, 5.74) is 1.57. The van der Waals surface area contributed by atoms with Crippen molar-refractivity contribution in [1.29, 1.82) is 0 Å². The lowest BCUT2D eigenvalue weighted by molar-refractivity contribution is -0.127. The molecule has 4 N–H and O–H groups in total. The van der Waals surface area contributed by atoms with E-state index in [4.69, 9.17) is 92.8 Å².